The smallest absolute Gasteiger partial charge is 0.352 e. The van der Waals surface area contributed by atoms with Crippen molar-refractivity contribution in [2.75, 3.05) is 13.2 Å². The van der Waals surface area contributed by atoms with Crippen molar-refractivity contribution in [3.63, 3.8) is 0 Å². The van der Waals surface area contributed by atoms with Crippen LogP contribution in [0.1, 0.15) is 28.9 Å². The summed E-state index contributed by atoms with van der Waals surface area (Å²) in [7, 11) is 0. The van der Waals surface area contributed by atoms with E-state index in [0.29, 0.717) is 17.9 Å². The van der Waals surface area contributed by atoms with Gasteiger partial charge in [0.05, 0.1) is 18.3 Å². The molecule has 2 aromatic carbocycles. The average Bonchev–Trinajstić information content (AvgIpc) is 3.29. The minimum Gasteiger partial charge on any atom is -0.376 e. The highest BCUT2D eigenvalue weighted by molar-refractivity contribution is 5.91. The number of para-hydroxylation sites is 1. The lowest BCUT2D eigenvalue weighted by atomic mass is 10.2. The van der Waals surface area contributed by atoms with Crippen molar-refractivity contribution in [2.24, 2.45) is 0 Å². The Hall–Kier alpha value is -3.59. The lowest BCUT2D eigenvalue weighted by molar-refractivity contribution is 0.0849. The molecule has 3 aromatic rings. The largest absolute Gasteiger partial charge is 0.376 e. The van der Waals surface area contributed by atoms with Crippen LogP contribution in [0, 0.1) is 5.82 Å². The Bertz CT molecular complexity index is 1200. The van der Waals surface area contributed by atoms with E-state index in [1.54, 1.807) is 36.4 Å². The second-order valence-corrected chi connectivity index (χ2v) is 7.24. The number of hydrogen-bond donors (Lipinski definition) is 1. The van der Waals surface area contributed by atoms with Gasteiger partial charge in [-0.3, -0.25) is 14.2 Å². The summed E-state index contributed by atoms with van der Waals surface area (Å²) in [6.07, 6.45) is 1.62. The number of hydrogen-bond acceptors (Lipinski definition) is 5. The van der Waals surface area contributed by atoms with Crippen LogP contribution in [0.2, 0.25) is 0 Å². The predicted molar refractivity (Wildman–Crippen MR) is 111 cm³/mol. The maximum atomic E-state index is 13.6. The van der Waals surface area contributed by atoms with Crippen LogP contribution in [0.25, 0.3) is 5.69 Å². The molecule has 4 rings (SSSR count). The fourth-order valence-electron chi connectivity index (χ4n) is 3.45. The van der Waals surface area contributed by atoms with Gasteiger partial charge in [-0.1, -0.05) is 30.3 Å². The predicted octanol–water partition coefficient (Wildman–Crippen LogP) is 1.49. The number of ether oxygens (including phenoxy) is 1. The van der Waals surface area contributed by atoms with Gasteiger partial charge in [-0.2, -0.15) is 9.78 Å². The molecule has 0 aliphatic carbocycles. The van der Waals surface area contributed by atoms with Gasteiger partial charge in [0.25, 0.3) is 11.5 Å². The zero-order chi connectivity index (χ0) is 21.8. The lowest BCUT2D eigenvalue weighted by Crippen LogP contribution is -2.46. The molecule has 1 aromatic heterocycles. The number of amides is 1. The first kappa shape index (κ1) is 20.7. The molecule has 0 saturated carbocycles. The molecule has 1 N–H and O–H groups in total. The van der Waals surface area contributed by atoms with E-state index in [9.17, 15) is 18.8 Å². The summed E-state index contributed by atoms with van der Waals surface area (Å²) < 4.78 is 21.0. The van der Waals surface area contributed by atoms with Crippen LogP contribution in [0.3, 0.4) is 0 Å². The molecule has 0 radical (unpaired) electrons. The van der Waals surface area contributed by atoms with Crippen molar-refractivity contribution in [1.82, 2.24) is 19.7 Å². The van der Waals surface area contributed by atoms with E-state index in [1.807, 2.05) is 0 Å². The number of benzene rings is 2. The first-order valence-corrected chi connectivity index (χ1v) is 9.97. The minimum atomic E-state index is -0.841. The van der Waals surface area contributed by atoms with Crippen molar-refractivity contribution in [3.8, 4) is 5.69 Å². The van der Waals surface area contributed by atoms with E-state index >= 15 is 0 Å². The number of rotatable bonds is 6. The zero-order valence-electron chi connectivity index (χ0n) is 16.7. The molecular weight excluding hydrogens is 403 g/mol. The Morgan fingerprint density at radius 2 is 1.97 bits per heavy atom. The minimum absolute atomic E-state index is 0.113. The Morgan fingerprint density at radius 3 is 2.68 bits per heavy atom. The van der Waals surface area contributed by atoms with Gasteiger partial charge in [0.15, 0.2) is 0 Å². The molecule has 1 aliphatic heterocycles. The third-order valence-corrected chi connectivity index (χ3v) is 5.02. The Balaban J connectivity index is 1.75. The number of aromatic nitrogens is 3. The zero-order valence-corrected chi connectivity index (χ0v) is 16.7. The van der Waals surface area contributed by atoms with Gasteiger partial charge in [-0.25, -0.2) is 9.18 Å². The summed E-state index contributed by atoms with van der Waals surface area (Å²) in [5, 5.41) is 6.72. The molecule has 9 heteroatoms. The Kier molecular flexibility index (Phi) is 6.03. The molecule has 2 heterocycles. The highest BCUT2D eigenvalue weighted by Gasteiger charge is 2.22. The van der Waals surface area contributed by atoms with Crippen LogP contribution in [0.4, 0.5) is 4.39 Å². The summed E-state index contributed by atoms with van der Waals surface area (Å²) in [4.78, 5) is 38.8. The highest BCUT2D eigenvalue weighted by Crippen LogP contribution is 2.11. The van der Waals surface area contributed by atoms with Crippen molar-refractivity contribution in [1.29, 1.82) is 0 Å². The fourth-order valence-corrected chi connectivity index (χ4v) is 3.45. The topological polar surface area (TPSA) is 95.2 Å². The third-order valence-electron chi connectivity index (χ3n) is 5.02. The third kappa shape index (κ3) is 4.61. The summed E-state index contributed by atoms with van der Waals surface area (Å²) in [6.45, 7) is 0.684. The SMILES string of the molecule is O=C(NC[C@@H]1CCCO1)c1nn(-c2ccccc2)c(=O)n(Cc2cccc(F)c2)c1=O. The number of nitrogens with zero attached hydrogens (tertiary/aromatic N) is 3. The summed E-state index contributed by atoms with van der Waals surface area (Å²) >= 11 is 0. The summed E-state index contributed by atoms with van der Waals surface area (Å²) in [5.41, 5.74) is -1.18. The van der Waals surface area contributed by atoms with Crippen LogP contribution < -0.4 is 16.6 Å². The van der Waals surface area contributed by atoms with Gasteiger partial charge in [0.1, 0.15) is 5.82 Å². The van der Waals surface area contributed by atoms with E-state index in [-0.39, 0.29) is 19.2 Å². The number of halogens is 1. The second-order valence-electron chi connectivity index (χ2n) is 7.24. The van der Waals surface area contributed by atoms with Crippen LogP contribution in [-0.2, 0) is 11.3 Å². The van der Waals surface area contributed by atoms with Gasteiger partial charge in [0, 0.05) is 13.2 Å². The molecule has 1 amide bonds. The molecule has 160 valence electrons. The summed E-state index contributed by atoms with van der Waals surface area (Å²) in [6, 6.07) is 14.1. The van der Waals surface area contributed by atoms with Crippen LogP contribution in [0.5, 0.6) is 0 Å². The monoisotopic (exact) mass is 424 g/mol. The van der Waals surface area contributed by atoms with Crippen LogP contribution in [-0.4, -0.2) is 39.5 Å². The van der Waals surface area contributed by atoms with Gasteiger partial charge in [-0.15, -0.1) is 0 Å². The quantitative estimate of drug-likeness (QED) is 0.647. The van der Waals surface area contributed by atoms with E-state index in [2.05, 4.69) is 10.4 Å². The fraction of sp³-hybridized carbons (Fsp3) is 0.273. The van der Waals surface area contributed by atoms with Crippen molar-refractivity contribution < 1.29 is 13.9 Å². The first-order valence-electron chi connectivity index (χ1n) is 9.97. The Morgan fingerprint density at radius 1 is 1.16 bits per heavy atom. The van der Waals surface area contributed by atoms with E-state index < -0.39 is 28.7 Å². The lowest BCUT2D eigenvalue weighted by Gasteiger charge is -2.13. The normalized spacial score (nSPS) is 15.7. The second kappa shape index (κ2) is 9.05. The van der Waals surface area contributed by atoms with Crippen LogP contribution in [0.15, 0.2) is 64.2 Å². The summed E-state index contributed by atoms with van der Waals surface area (Å²) in [5.74, 6) is -1.18. The van der Waals surface area contributed by atoms with Crippen molar-refractivity contribution in [2.45, 2.75) is 25.5 Å². The van der Waals surface area contributed by atoms with Gasteiger partial charge in [-0.05, 0) is 42.7 Å². The molecule has 1 atom stereocenters. The number of nitrogens with one attached hydrogen (secondary N) is 1. The maximum Gasteiger partial charge on any atom is 0.352 e. The molecule has 0 spiro atoms. The standard InChI is InChI=1S/C22H21FN4O4/c23-16-7-4-6-15(12-16)14-26-21(29)19(20(28)24-13-18-10-5-11-31-18)25-27(22(26)30)17-8-2-1-3-9-17/h1-4,6-9,12,18H,5,10-11,13-14H2,(H,24,28)/t18-/m0/s1. The van der Waals surface area contributed by atoms with E-state index in [4.69, 9.17) is 4.74 Å². The van der Waals surface area contributed by atoms with Gasteiger partial charge >= 0.3 is 5.69 Å². The maximum absolute atomic E-state index is 13.6. The molecule has 0 unspecified atom stereocenters. The Labute approximate surface area is 176 Å². The van der Waals surface area contributed by atoms with Crippen molar-refractivity contribution >= 4 is 5.91 Å². The molecule has 8 nitrogen and oxygen atoms in total. The highest BCUT2D eigenvalue weighted by atomic mass is 19.1. The van der Waals surface area contributed by atoms with Crippen molar-refractivity contribution in [3.05, 3.63) is 92.5 Å². The molecule has 1 aliphatic rings. The van der Waals surface area contributed by atoms with Gasteiger partial charge < -0.3 is 10.1 Å². The molecule has 0 bridgehead atoms. The molecule has 1 saturated heterocycles. The molecular formula is C22H21FN4O4. The van der Waals surface area contributed by atoms with E-state index in [0.717, 1.165) is 22.1 Å². The first-order chi connectivity index (χ1) is 15.0. The van der Waals surface area contributed by atoms with Crippen LogP contribution >= 0.6 is 0 Å². The molecule has 31 heavy (non-hydrogen) atoms. The van der Waals surface area contributed by atoms with Gasteiger partial charge in [0.2, 0.25) is 5.69 Å². The number of carbonyl (C=O) groups is 1. The molecule has 1 fully saturated rings. The van der Waals surface area contributed by atoms with E-state index in [1.165, 1.54) is 18.2 Å². The number of carbonyl (C=O) groups excluding carboxylic acids is 1. The average molecular weight is 424 g/mol.